The molecule has 0 spiro atoms. The van der Waals surface area contributed by atoms with E-state index in [1.807, 2.05) is 0 Å². The van der Waals surface area contributed by atoms with Gasteiger partial charge in [0, 0.05) is 31.2 Å². The van der Waals surface area contributed by atoms with Crippen LogP contribution in [-0.2, 0) is 11.2 Å². The van der Waals surface area contributed by atoms with Gasteiger partial charge in [-0.2, -0.15) is 0 Å². The topological polar surface area (TPSA) is 49.6 Å². The predicted octanol–water partition coefficient (Wildman–Crippen LogP) is 2.03. The fraction of sp³-hybridized carbons (Fsp3) is 0.632. The van der Waals surface area contributed by atoms with Crippen LogP contribution in [0, 0.1) is 0 Å². The van der Waals surface area contributed by atoms with Gasteiger partial charge in [0.15, 0.2) is 0 Å². The minimum absolute atomic E-state index is 0.217. The fourth-order valence-corrected chi connectivity index (χ4v) is 4.47. The van der Waals surface area contributed by atoms with E-state index in [2.05, 4.69) is 47.1 Å². The van der Waals surface area contributed by atoms with E-state index >= 15 is 0 Å². The van der Waals surface area contributed by atoms with E-state index < -0.39 is 0 Å². The molecule has 3 rings (SSSR count). The number of amides is 1. The lowest BCUT2D eigenvalue weighted by atomic mass is 9.86. The van der Waals surface area contributed by atoms with Gasteiger partial charge in [-0.05, 0) is 31.7 Å². The first kappa shape index (κ1) is 16.5. The highest BCUT2D eigenvalue weighted by Gasteiger charge is 2.42. The van der Waals surface area contributed by atoms with Crippen molar-refractivity contribution in [1.82, 2.24) is 9.80 Å². The van der Waals surface area contributed by atoms with Crippen molar-refractivity contribution in [2.45, 2.75) is 50.6 Å². The van der Waals surface area contributed by atoms with Crippen molar-refractivity contribution in [3.05, 3.63) is 35.9 Å². The smallest absolute Gasteiger partial charge is 0.231 e. The average molecular weight is 315 g/mol. The second kappa shape index (κ2) is 7.02. The molecule has 2 N–H and O–H groups in total. The molecule has 1 saturated heterocycles. The van der Waals surface area contributed by atoms with Crippen molar-refractivity contribution in [2.24, 2.45) is 5.73 Å². The van der Waals surface area contributed by atoms with Gasteiger partial charge in [-0.15, -0.1) is 0 Å². The predicted molar refractivity (Wildman–Crippen MR) is 93.1 cm³/mol. The van der Waals surface area contributed by atoms with E-state index in [-0.39, 0.29) is 5.91 Å². The van der Waals surface area contributed by atoms with Crippen LogP contribution in [0.5, 0.6) is 0 Å². The van der Waals surface area contributed by atoms with Crippen LogP contribution in [0.15, 0.2) is 30.3 Å². The molecule has 1 aromatic carbocycles. The largest absolute Gasteiger partial charge is 0.369 e. The Balaban J connectivity index is 1.71. The summed E-state index contributed by atoms with van der Waals surface area (Å²) in [4.78, 5) is 16.2. The van der Waals surface area contributed by atoms with E-state index in [9.17, 15) is 4.79 Å². The molecule has 0 radical (unpaired) electrons. The summed E-state index contributed by atoms with van der Waals surface area (Å²) >= 11 is 0. The van der Waals surface area contributed by atoms with Crippen LogP contribution < -0.4 is 5.73 Å². The molecule has 1 aliphatic carbocycles. The first-order chi connectivity index (χ1) is 11.1. The molecule has 1 aromatic rings. The molecule has 2 aliphatic rings. The summed E-state index contributed by atoms with van der Waals surface area (Å²) in [7, 11) is 0. The van der Waals surface area contributed by atoms with Crippen LogP contribution in [0.2, 0.25) is 0 Å². The van der Waals surface area contributed by atoms with Crippen molar-refractivity contribution in [2.75, 3.05) is 26.2 Å². The first-order valence-electron chi connectivity index (χ1n) is 8.90. The van der Waals surface area contributed by atoms with Crippen LogP contribution in [0.25, 0.3) is 0 Å². The molecule has 1 saturated carbocycles. The van der Waals surface area contributed by atoms with Gasteiger partial charge in [-0.1, -0.05) is 43.2 Å². The summed E-state index contributed by atoms with van der Waals surface area (Å²) in [6.45, 7) is 5.65. The highest BCUT2D eigenvalue weighted by Crippen LogP contribution is 2.39. The van der Waals surface area contributed by atoms with Gasteiger partial charge in [0.1, 0.15) is 0 Å². The molecular formula is C19H29N3O. The SMILES string of the molecule is CC1CN(C2(Cc3ccccc3)CCCC2)CCN1CC(N)=O. The third kappa shape index (κ3) is 3.75. The maximum Gasteiger partial charge on any atom is 0.231 e. The Morgan fingerprint density at radius 1 is 1.22 bits per heavy atom. The van der Waals surface area contributed by atoms with E-state index in [0.29, 0.717) is 18.1 Å². The molecule has 1 aliphatic heterocycles. The number of rotatable bonds is 5. The highest BCUT2D eigenvalue weighted by molar-refractivity contribution is 5.75. The van der Waals surface area contributed by atoms with Gasteiger partial charge in [-0.3, -0.25) is 14.6 Å². The Labute approximate surface area is 139 Å². The van der Waals surface area contributed by atoms with E-state index in [1.165, 1.54) is 31.2 Å². The molecule has 4 heteroatoms. The zero-order valence-corrected chi connectivity index (χ0v) is 14.2. The summed E-state index contributed by atoms with van der Waals surface area (Å²) in [5.41, 5.74) is 7.14. The van der Waals surface area contributed by atoms with Crippen LogP contribution in [0.3, 0.4) is 0 Å². The highest BCUT2D eigenvalue weighted by atomic mass is 16.1. The summed E-state index contributed by atoms with van der Waals surface area (Å²) in [5.74, 6) is -0.217. The number of hydrogen-bond acceptors (Lipinski definition) is 3. The summed E-state index contributed by atoms with van der Waals surface area (Å²) < 4.78 is 0. The second-order valence-electron chi connectivity index (χ2n) is 7.33. The van der Waals surface area contributed by atoms with Gasteiger partial charge in [-0.25, -0.2) is 0 Å². The van der Waals surface area contributed by atoms with Crippen molar-refractivity contribution >= 4 is 5.91 Å². The van der Waals surface area contributed by atoms with Crippen molar-refractivity contribution < 1.29 is 4.79 Å². The molecule has 4 nitrogen and oxygen atoms in total. The Morgan fingerprint density at radius 3 is 2.52 bits per heavy atom. The van der Waals surface area contributed by atoms with E-state index in [4.69, 9.17) is 5.73 Å². The van der Waals surface area contributed by atoms with Crippen molar-refractivity contribution in [3.8, 4) is 0 Å². The molecule has 126 valence electrons. The lowest BCUT2D eigenvalue weighted by Gasteiger charge is -2.48. The zero-order chi connectivity index (χ0) is 16.3. The minimum Gasteiger partial charge on any atom is -0.369 e. The number of primary amides is 1. The normalized spacial score (nSPS) is 25.5. The van der Waals surface area contributed by atoms with Crippen molar-refractivity contribution in [1.29, 1.82) is 0 Å². The number of nitrogens with zero attached hydrogens (tertiary/aromatic N) is 2. The fourth-order valence-electron chi connectivity index (χ4n) is 4.47. The minimum atomic E-state index is -0.217. The molecule has 23 heavy (non-hydrogen) atoms. The lowest BCUT2D eigenvalue weighted by Crippen LogP contribution is -2.60. The monoisotopic (exact) mass is 315 g/mol. The first-order valence-corrected chi connectivity index (χ1v) is 8.90. The maximum absolute atomic E-state index is 11.2. The van der Waals surface area contributed by atoms with Crippen LogP contribution in [0.1, 0.15) is 38.2 Å². The third-order valence-corrected chi connectivity index (χ3v) is 5.71. The molecule has 1 atom stereocenters. The summed E-state index contributed by atoms with van der Waals surface area (Å²) in [6, 6.07) is 11.3. The molecule has 2 fully saturated rings. The number of carbonyl (C=O) groups excluding carboxylic acids is 1. The molecule has 1 unspecified atom stereocenters. The Kier molecular flexibility index (Phi) is 5.02. The Bertz CT molecular complexity index is 525. The standard InChI is InChI=1S/C19H29N3O/c1-16-14-22(12-11-21(16)15-18(20)23)19(9-5-6-10-19)13-17-7-3-2-4-8-17/h2-4,7-8,16H,5-6,9-15H2,1H3,(H2,20,23). The molecule has 1 heterocycles. The van der Waals surface area contributed by atoms with Gasteiger partial charge in [0.25, 0.3) is 0 Å². The van der Waals surface area contributed by atoms with E-state index in [0.717, 1.165) is 26.1 Å². The second-order valence-corrected chi connectivity index (χ2v) is 7.33. The number of hydrogen-bond donors (Lipinski definition) is 1. The van der Waals surface area contributed by atoms with Gasteiger partial charge < -0.3 is 5.73 Å². The molecular weight excluding hydrogens is 286 g/mol. The molecule has 0 aromatic heterocycles. The number of carbonyl (C=O) groups is 1. The zero-order valence-electron chi connectivity index (χ0n) is 14.2. The van der Waals surface area contributed by atoms with Crippen molar-refractivity contribution in [3.63, 3.8) is 0 Å². The lowest BCUT2D eigenvalue weighted by molar-refractivity contribution is -0.120. The molecule has 1 amide bonds. The molecule has 0 bridgehead atoms. The number of benzene rings is 1. The Morgan fingerprint density at radius 2 is 1.91 bits per heavy atom. The van der Waals surface area contributed by atoms with Gasteiger partial charge >= 0.3 is 0 Å². The maximum atomic E-state index is 11.2. The van der Waals surface area contributed by atoms with Crippen LogP contribution in [0.4, 0.5) is 0 Å². The van der Waals surface area contributed by atoms with Gasteiger partial charge in [0.2, 0.25) is 5.91 Å². The summed E-state index contributed by atoms with van der Waals surface area (Å²) in [6.07, 6.45) is 6.41. The average Bonchev–Trinajstić information content (AvgIpc) is 2.99. The number of piperazine rings is 1. The van der Waals surface area contributed by atoms with Crippen LogP contribution in [-0.4, -0.2) is 53.5 Å². The Hall–Kier alpha value is -1.39. The third-order valence-electron chi connectivity index (χ3n) is 5.71. The van der Waals surface area contributed by atoms with E-state index in [1.54, 1.807) is 0 Å². The number of nitrogens with two attached hydrogens (primary N) is 1. The quantitative estimate of drug-likeness (QED) is 0.904. The summed E-state index contributed by atoms with van der Waals surface area (Å²) in [5, 5.41) is 0. The van der Waals surface area contributed by atoms with Crippen LogP contribution >= 0.6 is 0 Å². The van der Waals surface area contributed by atoms with Gasteiger partial charge in [0.05, 0.1) is 6.54 Å².